The summed E-state index contributed by atoms with van der Waals surface area (Å²) in [6, 6.07) is 4.01. The molecule has 0 aliphatic carbocycles. The third kappa shape index (κ3) is 5.40. The maximum absolute atomic E-state index is 11.8. The van der Waals surface area contributed by atoms with Crippen LogP contribution in [0.4, 0.5) is 4.79 Å². The predicted octanol–water partition coefficient (Wildman–Crippen LogP) is 1.36. The van der Waals surface area contributed by atoms with E-state index in [-0.39, 0.29) is 6.09 Å². The second-order valence-corrected chi connectivity index (χ2v) is 5.52. The Morgan fingerprint density at radius 1 is 1.29 bits per heavy atom. The SMILES string of the molecule is CCNC(=NCCc1cccnc1)N1CCN(C(=O)OCC)CC1. The highest BCUT2D eigenvalue weighted by molar-refractivity contribution is 5.80. The van der Waals surface area contributed by atoms with E-state index in [1.807, 2.05) is 19.2 Å². The van der Waals surface area contributed by atoms with Gasteiger partial charge in [-0.25, -0.2) is 4.79 Å². The van der Waals surface area contributed by atoms with Crippen molar-refractivity contribution in [3.63, 3.8) is 0 Å². The standard InChI is InChI=1S/C17H27N5O2/c1-3-19-16(20-9-7-15-6-5-8-18-14-15)21-10-12-22(13-11-21)17(23)24-4-2/h5-6,8,14H,3-4,7,9-13H2,1-2H3,(H,19,20). The molecule has 24 heavy (non-hydrogen) atoms. The average molecular weight is 333 g/mol. The number of carbonyl (C=O) groups excluding carboxylic acids is 1. The van der Waals surface area contributed by atoms with E-state index < -0.39 is 0 Å². The second-order valence-electron chi connectivity index (χ2n) is 5.52. The zero-order chi connectivity index (χ0) is 17.2. The van der Waals surface area contributed by atoms with Gasteiger partial charge in [0.1, 0.15) is 0 Å². The average Bonchev–Trinajstić information content (AvgIpc) is 2.62. The highest BCUT2D eigenvalue weighted by atomic mass is 16.6. The van der Waals surface area contributed by atoms with Crippen molar-refractivity contribution in [3.05, 3.63) is 30.1 Å². The van der Waals surface area contributed by atoms with Crippen LogP contribution in [0.3, 0.4) is 0 Å². The molecule has 132 valence electrons. The molecule has 1 aliphatic rings. The minimum atomic E-state index is -0.226. The first-order chi connectivity index (χ1) is 11.7. The molecule has 1 aliphatic heterocycles. The fourth-order valence-electron chi connectivity index (χ4n) is 2.58. The highest BCUT2D eigenvalue weighted by Crippen LogP contribution is 2.05. The summed E-state index contributed by atoms with van der Waals surface area (Å²) in [4.78, 5) is 24.5. The summed E-state index contributed by atoms with van der Waals surface area (Å²) in [6.07, 6.45) is 4.29. The third-order valence-corrected chi connectivity index (χ3v) is 3.82. The first-order valence-electron chi connectivity index (χ1n) is 8.58. The van der Waals surface area contributed by atoms with Gasteiger partial charge < -0.3 is 19.9 Å². The fraction of sp³-hybridized carbons (Fsp3) is 0.588. The quantitative estimate of drug-likeness (QED) is 0.651. The van der Waals surface area contributed by atoms with Crippen molar-refractivity contribution in [1.29, 1.82) is 0 Å². The second kappa shape index (κ2) is 9.75. The van der Waals surface area contributed by atoms with Gasteiger partial charge in [0.2, 0.25) is 0 Å². The molecule has 0 bridgehead atoms. The zero-order valence-corrected chi connectivity index (χ0v) is 14.6. The van der Waals surface area contributed by atoms with Crippen LogP contribution in [0, 0.1) is 0 Å². The van der Waals surface area contributed by atoms with E-state index in [1.165, 1.54) is 5.56 Å². The lowest BCUT2D eigenvalue weighted by atomic mass is 10.2. The minimum Gasteiger partial charge on any atom is -0.450 e. The number of nitrogens with zero attached hydrogens (tertiary/aromatic N) is 4. The van der Waals surface area contributed by atoms with Gasteiger partial charge in [-0.3, -0.25) is 9.98 Å². The first-order valence-corrected chi connectivity index (χ1v) is 8.58. The number of aromatic nitrogens is 1. The van der Waals surface area contributed by atoms with Crippen molar-refractivity contribution < 1.29 is 9.53 Å². The molecule has 1 aromatic heterocycles. The Kier molecular flexibility index (Phi) is 7.32. The summed E-state index contributed by atoms with van der Waals surface area (Å²) in [5, 5.41) is 3.33. The molecule has 1 amide bonds. The lowest BCUT2D eigenvalue weighted by Gasteiger charge is -2.35. The van der Waals surface area contributed by atoms with Crippen molar-refractivity contribution in [2.75, 3.05) is 45.9 Å². The van der Waals surface area contributed by atoms with E-state index >= 15 is 0 Å². The molecule has 1 saturated heterocycles. The number of pyridine rings is 1. The summed E-state index contributed by atoms with van der Waals surface area (Å²) >= 11 is 0. The number of hydrogen-bond donors (Lipinski definition) is 1. The van der Waals surface area contributed by atoms with E-state index in [2.05, 4.69) is 28.2 Å². The number of piperazine rings is 1. The lowest BCUT2D eigenvalue weighted by molar-refractivity contribution is 0.0914. The highest BCUT2D eigenvalue weighted by Gasteiger charge is 2.23. The van der Waals surface area contributed by atoms with Gasteiger partial charge in [-0.1, -0.05) is 6.07 Å². The number of hydrogen-bond acceptors (Lipinski definition) is 4. The van der Waals surface area contributed by atoms with E-state index in [1.54, 1.807) is 11.1 Å². The van der Waals surface area contributed by atoms with Crippen molar-refractivity contribution in [3.8, 4) is 0 Å². The molecule has 0 atom stereocenters. The van der Waals surface area contributed by atoms with E-state index in [0.717, 1.165) is 32.0 Å². The predicted molar refractivity (Wildman–Crippen MR) is 94.1 cm³/mol. The Balaban J connectivity index is 1.86. The maximum Gasteiger partial charge on any atom is 0.409 e. The van der Waals surface area contributed by atoms with Gasteiger partial charge in [-0.05, 0) is 31.9 Å². The number of carbonyl (C=O) groups is 1. The summed E-state index contributed by atoms with van der Waals surface area (Å²) < 4.78 is 5.06. The largest absolute Gasteiger partial charge is 0.450 e. The molecule has 0 radical (unpaired) electrons. The van der Waals surface area contributed by atoms with Crippen LogP contribution in [0.1, 0.15) is 19.4 Å². The third-order valence-electron chi connectivity index (χ3n) is 3.82. The van der Waals surface area contributed by atoms with Gasteiger partial charge >= 0.3 is 6.09 Å². The molecule has 1 fully saturated rings. The first kappa shape index (κ1) is 18.0. The zero-order valence-electron chi connectivity index (χ0n) is 14.6. The summed E-state index contributed by atoms with van der Waals surface area (Å²) in [7, 11) is 0. The molecular formula is C17H27N5O2. The molecule has 0 saturated carbocycles. The lowest BCUT2D eigenvalue weighted by Crippen LogP contribution is -2.54. The van der Waals surface area contributed by atoms with Crippen molar-refractivity contribution in [2.45, 2.75) is 20.3 Å². The normalized spacial score (nSPS) is 15.3. The number of amides is 1. The maximum atomic E-state index is 11.8. The molecule has 7 nitrogen and oxygen atoms in total. The summed E-state index contributed by atoms with van der Waals surface area (Å²) in [5.74, 6) is 0.907. The Morgan fingerprint density at radius 3 is 2.67 bits per heavy atom. The van der Waals surface area contributed by atoms with Gasteiger partial charge in [-0.15, -0.1) is 0 Å². The number of ether oxygens (including phenoxy) is 1. The van der Waals surface area contributed by atoms with Crippen LogP contribution < -0.4 is 5.32 Å². The van der Waals surface area contributed by atoms with E-state index in [0.29, 0.717) is 26.2 Å². The van der Waals surface area contributed by atoms with Crippen molar-refractivity contribution >= 4 is 12.1 Å². The van der Waals surface area contributed by atoms with E-state index in [9.17, 15) is 4.79 Å². The fourth-order valence-corrected chi connectivity index (χ4v) is 2.58. The molecular weight excluding hydrogens is 306 g/mol. The van der Waals surface area contributed by atoms with E-state index in [4.69, 9.17) is 9.73 Å². The summed E-state index contributed by atoms with van der Waals surface area (Å²) in [5.41, 5.74) is 1.18. The van der Waals surface area contributed by atoms with Gasteiger partial charge in [0, 0.05) is 51.7 Å². The van der Waals surface area contributed by atoms with Crippen LogP contribution in [0.15, 0.2) is 29.5 Å². The van der Waals surface area contributed by atoms with Gasteiger partial charge in [0.05, 0.1) is 6.61 Å². The number of nitrogens with one attached hydrogen (secondary N) is 1. The minimum absolute atomic E-state index is 0.226. The Labute approximate surface area is 143 Å². The Hall–Kier alpha value is -2.31. The Morgan fingerprint density at radius 2 is 2.04 bits per heavy atom. The van der Waals surface area contributed by atoms with Crippen LogP contribution in [0.25, 0.3) is 0 Å². The van der Waals surface area contributed by atoms with Crippen LogP contribution in [-0.4, -0.2) is 72.7 Å². The molecule has 2 rings (SSSR count). The van der Waals surface area contributed by atoms with Crippen LogP contribution in [-0.2, 0) is 11.2 Å². The van der Waals surface area contributed by atoms with Gasteiger partial charge in [0.15, 0.2) is 5.96 Å². The smallest absolute Gasteiger partial charge is 0.409 e. The van der Waals surface area contributed by atoms with Crippen LogP contribution in [0.2, 0.25) is 0 Å². The van der Waals surface area contributed by atoms with Crippen molar-refractivity contribution in [1.82, 2.24) is 20.1 Å². The molecule has 0 spiro atoms. The van der Waals surface area contributed by atoms with Gasteiger partial charge in [-0.2, -0.15) is 0 Å². The number of aliphatic imine (C=N–C) groups is 1. The van der Waals surface area contributed by atoms with Crippen LogP contribution >= 0.6 is 0 Å². The summed E-state index contributed by atoms with van der Waals surface area (Å²) in [6.45, 7) is 8.68. The monoisotopic (exact) mass is 333 g/mol. The van der Waals surface area contributed by atoms with Crippen molar-refractivity contribution in [2.24, 2.45) is 4.99 Å². The molecule has 1 aromatic rings. The number of guanidine groups is 1. The molecule has 2 heterocycles. The molecule has 1 N–H and O–H groups in total. The molecule has 0 unspecified atom stereocenters. The van der Waals surface area contributed by atoms with Gasteiger partial charge in [0.25, 0.3) is 0 Å². The molecule has 7 heteroatoms. The number of rotatable bonds is 5. The molecule has 0 aromatic carbocycles. The van der Waals surface area contributed by atoms with Crippen LogP contribution in [0.5, 0.6) is 0 Å². The Bertz CT molecular complexity index is 527. The topological polar surface area (TPSA) is 70.1 Å².